The van der Waals surface area contributed by atoms with E-state index in [-0.39, 0.29) is 15.8 Å². The molecule has 0 aliphatic carbocycles. The van der Waals surface area contributed by atoms with Gasteiger partial charge in [-0.05, 0) is 12.3 Å². The number of halogens is 3. The summed E-state index contributed by atoms with van der Waals surface area (Å²) in [5.74, 6) is -0.118. The summed E-state index contributed by atoms with van der Waals surface area (Å²) in [6, 6.07) is 1.47. The van der Waals surface area contributed by atoms with Crippen LogP contribution < -0.4 is 0 Å². The quantitative estimate of drug-likeness (QED) is 0.750. The van der Waals surface area contributed by atoms with Gasteiger partial charge in [-0.15, -0.1) is 11.8 Å². The molecule has 0 unspecified atom stereocenters. The first-order chi connectivity index (χ1) is 5.57. The van der Waals surface area contributed by atoms with Crippen molar-refractivity contribution >= 4 is 46.6 Å². The third kappa shape index (κ3) is 1.77. The molecule has 0 bridgehead atoms. The van der Waals surface area contributed by atoms with E-state index in [0.717, 1.165) is 0 Å². The molecule has 1 N–H and O–H groups in total. The van der Waals surface area contributed by atoms with Gasteiger partial charge in [0.1, 0.15) is 0 Å². The number of phenols is 1. The van der Waals surface area contributed by atoms with Crippen molar-refractivity contribution in [1.82, 2.24) is 0 Å². The lowest BCUT2D eigenvalue weighted by atomic mass is 10.3. The summed E-state index contributed by atoms with van der Waals surface area (Å²) in [7, 11) is 0. The van der Waals surface area contributed by atoms with Crippen LogP contribution in [0.5, 0.6) is 5.75 Å². The van der Waals surface area contributed by atoms with Gasteiger partial charge in [-0.3, -0.25) is 0 Å². The molecule has 0 saturated heterocycles. The van der Waals surface area contributed by atoms with Crippen LogP contribution in [0.2, 0.25) is 15.1 Å². The van der Waals surface area contributed by atoms with Gasteiger partial charge in [0.05, 0.1) is 15.1 Å². The normalized spacial score (nSPS) is 10.3. The van der Waals surface area contributed by atoms with Gasteiger partial charge >= 0.3 is 0 Å². The maximum Gasteiger partial charge on any atom is 0.154 e. The molecular weight excluding hydrogens is 239 g/mol. The Morgan fingerprint density at radius 3 is 2.33 bits per heavy atom. The van der Waals surface area contributed by atoms with Gasteiger partial charge < -0.3 is 5.11 Å². The van der Waals surface area contributed by atoms with E-state index in [1.54, 1.807) is 0 Å². The van der Waals surface area contributed by atoms with Crippen LogP contribution in [0.15, 0.2) is 11.0 Å². The van der Waals surface area contributed by atoms with Crippen molar-refractivity contribution in [3.8, 4) is 5.75 Å². The average Bonchev–Trinajstić information content (AvgIpc) is 2.01. The number of aromatic hydroxyl groups is 1. The summed E-state index contributed by atoms with van der Waals surface area (Å²) in [5.41, 5.74) is 0. The lowest BCUT2D eigenvalue weighted by Gasteiger charge is -2.06. The van der Waals surface area contributed by atoms with Crippen LogP contribution in [0.25, 0.3) is 0 Å². The molecule has 1 rings (SSSR count). The zero-order chi connectivity index (χ0) is 9.30. The van der Waals surface area contributed by atoms with Crippen molar-refractivity contribution in [1.29, 1.82) is 0 Å². The summed E-state index contributed by atoms with van der Waals surface area (Å²) < 4.78 is 0. The number of hydrogen-bond donors (Lipinski definition) is 1. The molecule has 0 fully saturated rings. The van der Waals surface area contributed by atoms with Crippen LogP contribution in [-0.4, -0.2) is 11.4 Å². The second-order valence-electron chi connectivity index (χ2n) is 2.04. The molecule has 0 heterocycles. The summed E-state index contributed by atoms with van der Waals surface area (Å²) in [5, 5.41) is 10.1. The van der Waals surface area contributed by atoms with Crippen molar-refractivity contribution in [2.45, 2.75) is 4.90 Å². The number of hydrogen-bond acceptors (Lipinski definition) is 2. The minimum Gasteiger partial charge on any atom is -0.505 e. The number of benzene rings is 1. The van der Waals surface area contributed by atoms with Gasteiger partial charge in [0.2, 0.25) is 0 Å². The van der Waals surface area contributed by atoms with Crippen molar-refractivity contribution in [3.05, 3.63) is 21.1 Å². The second kappa shape index (κ2) is 3.97. The molecule has 0 saturated carbocycles. The SMILES string of the molecule is CSc1c(Cl)cc(Cl)c(O)c1Cl. The Morgan fingerprint density at radius 1 is 1.25 bits per heavy atom. The molecule has 0 radical (unpaired) electrons. The molecule has 1 aromatic carbocycles. The van der Waals surface area contributed by atoms with E-state index < -0.39 is 0 Å². The highest BCUT2D eigenvalue weighted by Gasteiger charge is 2.12. The van der Waals surface area contributed by atoms with Gasteiger partial charge in [-0.25, -0.2) is 0 Å². The Labute approximate surface area is 89.6 Å². The van der Waals surface area contributed by atoms with Crippen LogP contribution >= 0.6 is 46.6 Å². The van der Waals surface area contributed by atoms with Crippen LogP contribution in [0, 0.1) is 0 Å². The first-order valence-electron chi connectivity index (χ1n) is 2.98. The van der Waals surface area contributed by atoms with E-state index in [4.69, 9.17) is 34.8 Å². The van der Waals surface area contributed by atoms with Crippen molar-refractivity contribution in [2.24, 2.45) is 0 Å². The highest BCUT2D eigenvalue weighted by atomic mass is 35.5. The second-order valence-corrected chi connectivity index (χ2v) is 4.04. The highest BCUT2D eigenvalue weighted by Crippen LogP contribution is 2.42. The van der Waals surface area contributed by atoms with Gasteiger partial charge in [0.15, 0.2) is 5.75 Å². The van der Waals surface area contributed by atoms with E-state index in [9.17, 15) is 5.11 Å². The molecule has 0 atom stereocenters. The molecule has 66 valence electrons. The first kappa shape index (κ1) is 10.3. The summed E-state index contributed by atoms with van der Waals surface area (Å²) in [6.07, 6.45) is 1.82. The standard InChI is InChI=1S/C7H5Cl3OS/c1-12-7-4(9)2-3(8)6(11)5(7)10/h2,11H,1H3. The fraction of sp³-hybridized carbons (Fsp3) is 0.143. The minimum absolute atomic E-state index is 0.118. The molecule has 0 aliphatic rings. The number of thioether (sulfide) groups is 1. The summed E-state index contributed by atoms with van der Waals surface area (Å²) >= 11 is 18.6. The van der Waals surface area contributed by atoms with E-state index in [0.29, 0.717) is 9.92 Å². The summed E-state index contributed by atoms with van der Waals surface area (Å²) in [4.78, 5) is 0.639. The van der Waals surface area contributed by atoms with Gasteiger partial charge in [-0.2, -0.15) is 0 Å². The van der Waals surface area contributed by atoms with E-state index >= 15 is 0 Å². The predicted octanol–water partition coefficient (Wildman–Crippen LogP) is 4.07. The predicted molar refractivity (Wildman–Crippen MR) is 54.9 cm³/mol. The fourth-order valence-electron chi connectivity index (χ4n) is 0.749. The van der Waals surface area contributed by atoms with Crippen LogP contribution in [-0.2, 0) is 0 Å². The average molecular weight is 244 g/mol. The number of phenolic OH excluding ortho intramolecular Hbond substituents is 1. The lowest BCUT2D eigenvalue weighted by Crippen LogP contribution is -1.78. The zero-order valence-electron chi connectivity index (χ0n) is 6.07. The largest absolute Gasteiger partial charge is 0.505 e. The Bertz CT molecular complexity index is 314. The zero-order valence-corrected chi connectivity index (χ0v) is 9.15. The minimum atomic E-state index is -0.118. The van der Waals surface area contributed by atoms with Crippen molar-refractivity contribution in [2.75, 3.05) is 6.26 Å². The maximum absolute atomic E-state index is 9.31. The Balaban J connectivity index is 3.40. The maximum atomic E-state index is 9.31. The smallest absolute Gasteiger partial charge is 0.154 e. The molecule has 5 heteroatoms. The van der Waals surface area contributed by atoms with E-state index in [2.05, 4.69) is 0 Å². The molecule has 12 heavy (non-hydrogen) atoms. The topological polar surface area (TPSA) is 20.2 Å². The van der Waals surface area contributed by atoms with Crippen LogP contribution in [0.3, 0.4) is 0 Å². The van der Waals surface area contributed by atoms with Crippen molar-refractivity contribution in [3.63, 3.8) is 0 Å². The summed E-state index contributed by atoms with van der Waals surface area (Å²) in [6.45, 7) is 0. The molecule has 1 aromatic rings. The fourth-order valence-corrected chi connectivity index (χ4v) is 2.51. The highest BCUT2D eigenvalue weighted by molar-refractivity contribution is 7.98. The molecule has 1 nitrogen and oxygen atoms in total. The van der Waals surface area contributed by atoms with Gasteiger partial charge in [0, 0.05) is 4.90 Å². The van der Waals surface area contributed by atoms with Gasteiger partial charge in [-0.1, -0.05) is 34.8 Å². The molecular formula is C7H5Cl3OS. The third-order valence-electron chi connectivity index (χ3n) is 1.31. The van der Waals surface area contributed by atoms with Crippen LogP contribution in [0.4, 0.5) is 0 Å². The monoisotopic (exact) mass is 242 g/mol. The van der Waals surface area contributed by atoms with Crippen molar-refractivity contribution < 1.29 is 5.11 Å². The molecule has 0 spiro atoms. The third-order valence-corrected chi connectivity index (χ3v) is 3.32. The Kier molecular flexibility index (Phi) is 3.41. The Hall–Kier alpha value is 0.240. The first-order valence-corrected chi connectivity index (χ1v) is 5.34. The molecule has 0 aromatic heterocycles. The van der Waals surface area contributed by atoms with Crippen LogP contribution in [0.1, 0.15) is 0 Å². The van der Waals surface area contributed by atoms with E-state index in [1.807, 2.05) is 6.26 Å². The number of rotatable bonds is 1. The lowest BCUT2D eigenvalue weighted by molar-refractivity contribution is 0.474. The molecule has 0 aliphatic heterocycles. The Morgan fingerprint density at radius 2 is 1.83 bits per heavy atom. The van der Waals surface area contributed by atoms with E-state index in [1.165, 1.54) is 17.8 Å². The van der Waals surface area contributed by atoms with Gasteiger partial charge in [0.25, 0.3) is 0 Å². The molecule has 0 amide bonds.